The summed E-state index contributed by atoms with van der Waals surface area (Å²) in [7, 11) is 2.72. The number of benzene rings is 3. The highest BCUT2D eigenvalue weighted by Gasteiger charge is 2.47. The first-order valence-corrected chi connectivity index (χ1v) is 12.0. The first kappa shape index (κ1) is 26.2. The second-order valence-corrected chi connectivity index (χ2v) is 9.66. The van der Waals surface area contributed by atoms with Gasteiger partial charge in [-0.1, -0.05) is 76.2 Å². The fourth-order valence-electron chi connectivity index (χ4n) is 4.22. The Hall–Kier alpha value is -2.90. The zero-order chi connectivity index (χ0) is 26.3. The smallest absolute Gasteiger partial charge is 0.300 e. The van der Waals surface area contributed by atoms with Gasteiger partial charge in [-0.2, -0.15) is 0 Å². The average molecular weight is 567 g/mol. The number of aryl methyl sites for hydroxylation is 1. The molecular weight excluding hydrogens is 548 g/mol. The molecule has 1 atom stereocenters. The number of carbonyl (C=O) groups excluding carboxylic acids is 2. The second kappa shape index (κ2) is 10.2. The molecule has 0 aliphatic carbocycles. The topological polar surface area (TPSA) is 76.1 Å². The van der Waals surface area contributed by atoms with Gasteiger partial charge < -0.3 is 14.6 Å². The number of carbonyl (C=O) groups is 2. The molecule has 1 N–H and O–H groups in total. The lowest BCUT2D eigenvalue weighted by atomic mass is 9.94. The summed E-state index contributed by atoms with van der Waals surface area (Å²) in [4.78, 5) is 28.1. The number of methoxy groups -OCH3 is 2. The fraction of sp³-hybridized carbons (Fsp3) is 0.154. The third-order valence-electron chi connectivity index (χ3n) is 5.72. The van der Waals surface area contributed by atoms with Crippen molar-refractivity contribution in [1.82, 2.24) is 0 Å². The van der Waals surface area contributed by atoms with Gasteiger partial charge in [0, 0.05) is 15.7 Å². The van der Waals surface area contributed by atoms with Crippen LogP contribution in [0.5, 0.6) is 11.5 Å². The number of aliphatic hydroxyl groups is 1. The molecule has 3 aromatic rings. The SMILES string of the molecule is COc1c(Cl)cc(/C(O)=C2\C(=O)C(=O)N(c3cc(Cl)cc(Cl)c3)C2c2cccc(C)c2)c(OC)c1Cl. The minimum atomic E-state index is -1.01. The van der Waals surface area contributed by atoms with Gasteiger partial charge in [0.05, 0.1) is 36.4 Å². The van der Waals surface area contributed by atoms with E-state index in [1.54, 1.807) is 12.1 Å². The van der Waals surface area contributed by atoms with Crippen LogP contribution in [0.3, 0.4) is 0 Å². The van der Waals surface area contributed by atoms with E-state index >= 15 is 0 Å². The van der Waals surface area contributed by atoms with Crippen LogP contribution in [0, 0.1) is 6.92 Å². The zero-order valence-electron chi connectivity index (χ0n) is 19.2. The van der Waals surface area contributed by atoms with Gasteiger partial charge in [-0.05, 0) is 36.8 Å². The van der Waals surface area contributed by atoms with Gasteiger partial charge in [0.2, 0.25) is 0 Å². The lowest BCUT2D eigenvalue weighted by Gasteiger charge is -2.26. The molecule has 0 bridgehead atoms. The predicted molar refractivity (Wildman–Crippen MR) is 142 cm³/mol. The van der Waals surface area contributed by atoms with E-state index in [1.165, 1.54) is 43.4 Å². The zero-order valence-corrected chi connectivity index (χ0v) is 22.3. The molecular formula is C26H19Cl4NO5. The normalized spacial score (nSPS) is 17.0. The molecule has 10 heteroatoms. The van der Waals surface area contributed by atoms with Crippen LogP contribution in [0.4, 0.5) is 5.69 Å². The maximum Gasteiger partial charge on any atom is 0.300 e. The van der Waals surface area contributed by atoms with E-state index < -0.39 is 23.5 Å². The molecule has 1 amide bonds. The highest BCUT2D eigenvalue weighted by Crippen LogP contribution is 2.48. The number of ether oxygens (including phenoxy) is 2. The van der Waals surface area contributed by atoms with Crippen molar-refractivity contribution in [3.63, 3.8) is 0 Å². The Balaban J connectivity index is 2.04. The Morgan fingerprint density at radius 2 is 1.56 bits per heavy atom. The summed E-state index contributed by atoms with van der Waals surface area (Å²) in [6, 6.07) is 12.1. The highest BCUT2D eigenvalue weighted by atomic mass is 35.5. The van der Waals surface area contributed by atoms with Gasteiger partial charge in [0.1, 0.15) is 10.8 Å². The van der Waals surface area contributed by atoms with E-state index in [9.17, 15) is 14.7 Å². The number of nitrogens with zero attached hydrogens (tertiary/aromatic N) is 1. The lowest BCUT2D eigenvalue weighted by molar-refractivity contribution is -0.132. The number of aliphatic hydroxyl groups excluding tert-OH is 1. The predicted octanol–water partition coefficient (Wildman–Crippen LogP) is 7.25. The van der Waals surface area contributed by atoms with Gasteiger partial charge in [0.15, 0.2) is 11.5 Å². The molecule has 1 saturated heterocycles. The van der Waals surface area contributed by atoms with E-state index in [-0.39, 0.29) is 48.4 Å². The monoisotopic (exact) mass is 565 g/mol. The summed E-state index contributed by atoms with van der Waals surface area (Å²) in [5, 5.41) is 12.1. The van der Waals surface area contributed by atoms with Crippen LogP contribution in [-0.4, -0.2) is 31.0 Å². The molecule has 1 unspecified atom stereocenters. The van der Waals surface area contributed by atoms with Crippen LogP contribution in [0.2, 0.25) is 20.1 Å². The van der Waals surface area contributed by atoms with Crippen LogP contribution >= 0.6 is 46.4 Å². The molecule has 0 spiro atoms. The molecule has 1 aliphatic rings. The highest BCUT2D eigenvalue weighted by molar-refractivity contribution is 6.52. The van der Waals surface area contributed by atoms with Crippen LogP contribution in [0.25, 0.3) is 5.76 Å². The molecule has 4 rings (SSSR count). The maximum atomic E-state index is 13.4. The van der Waals surface area contributed by atoms with Crippen molar-refractivity contribution in [3.8, 4) is 11.5 Å². The quantitative estimate of drug-likeness (QED) is 0.200. The first-order chi connectivity index (χ1) is 17.1. The second-order valence-electron chi connectivity index (χ2n) is 8.00. The molecule has 0 radical (unpaired) electrons. The minimum Gasteiger partial charge on any atom is -0.507 e. The van der Waals surface area contributed by atoms with Crippen LogP contribution < -0.4 is 14.4 Å². The summed E-state index contributed by atoms with van der Waals surface area (Å²) in [5.74, 6) is -2.14. The van der Waals surface area contributed by atoms with Gasteiger partial charge in [0.25, 0.3) is 11.7 Å². The standard InChI is InChI=1S/C26H19Cl4NO5/c1-12-5-4-6-13(7-12)21-19(22(32)17-11-18(29)25(36-3)20(30)24(17)35-2)23(33)26(34)31(21)16-9-14(27)8-15(28)10-16/h4-11,21,32H,1-3H3/b22-19+. The summed E-state index contributed by atoms with van der Waals surface area (Å²) >= 11 is 25.1. The number of amides is 1. The van der Waals surface area contributed by atoms with Crippen molar-refractivity contribution in [2.45, 2.75) is 13.0 Å². The van der Waals surface area contributed by atoms with Crippen molar-refractivity contribution < 1.29 is 24.2 Å². The van der Waals surface area contributed by atoms with E-state index in [0.29, 0.717) is 5.56 Å². The molecule has 1 aliphatic heterocycles. The molecule has 3 aromatic carbocycles. The van der Waals surface area contributed by atoms with Gasteiger partial charge in [-0.15, -0.1) is 0 Å². The number of Topliss-reactive ketones (excluding diaryl/α,β-unsaturated/α-hetero) is 1. The largest absolute Gasteiger partial charge is 0.507 e. The third kappa shape index (κ3) is 4.50. The minimum absolute atomic E-state index is 0.00277. The Morgan fingerprint density at radius 3 is 2.14 bits per heavy atom. The molecule has 0 saturated carbocycles. The summed E-state index contributed by atoms with van der Waals surface area (Å²) < 4.78 is 10.6. The maximum absolute atomic E-state index is 13.4. The number of hydrogen-bond acceptors (Lipinski definition) is 5. The van der Waals surface area contributed by atoms with Gasteiger partial charge in [-0.25, -0.2) is 0 Å². The van der Waals surface area contributed by atoms with Crippen molar-refractivity contribution in [2.24, 2.45) is 0 Å². The Kier molecular flexibility index (Phi) is 7.43. The first-order valence-electron chi connectivity index (χ1n) is 10.5. The number of ketones is 1. The van der Waals surface area contributed by atoms with Gasteiger partial charge >= 0.3 is 0 Å². The molecule has 6 nitrogen and oxygen atoms in total. The number of hydrogen-bond donors (Lipinski definition) is 1. The van der Waals surface area contributed by atoms with Crippen molar-refractivity contribution >= 4 is 69.5 Å². The summed E-state index contributed by atoms with van der Waals surface area (Å²) in [6.45, 7) is 1.87. The van der Waals surface area contributed by atoms with Crippen LogP contribution in [0.1, 0.15) is 22.7 Å². The Bertz CT molecular complexity index is 1420. The number of rotatable bonds is 5. The Morgan fingerprint density at radius 1 is 0.917 bits per heavy atom. The number of anilines is 1. The van der Waals surface area contributed by atoms with Crippen molar-refractivity contribution in [3.05, 3.63) is 90.9 Å². The van der Waals surface area contributed by atoms with Crippen molar-refractivity contribution in [2.75, 3.05) is 19.1 Å². The van der Waals surface area contributed by atoms with E-state index in [4.69, 9.17) is 55.9 Å². The molecule has 36 heavy (non-hydrogen) atoms. The Labute approximate surface area is 227 Å². The van der Waals surface area contributed by atoms with Crippen LogP contribution in [0.15, 0.2) is 54.1 Å². The number of halogens is 4. The molecule has 186 valence electrons. The van der Waals surface area contributed by atoms with Gasteiger partial charge in [-0.3, -0.25) is 14.5 Å². The summed E-state index contributed by atoms with van der Waals surface area (Å²) in [6.07, 6.45) is 0. The third-order valence-corrected chi connectivity index (χ3v) is 6.78. The molecule has 1 heterocycles. The van der Waals surface area contributed by atoms with E-state index in [1.807, 2.05) is 19.1 Å². The van der Waals surface area contributed by atoms with E-state index in [2.05, 4.69) is 0 Å². The van der Waals surface area contributed by atoms with Crippen LogP contribution in [-0.2, 0) is 9.59 Å². The van der Waals surface area contributed by atoms with E-state index in [0.717, 1.165) is 5.56 Å². The fourth-order valence-corrected chi connectivity index (χ4v) is 5.43. The summed E-state index contributed by atoms with van der Waals surface area (Å²) in [5.41, 5.74) is 1.59. The van der Waals surface area contributed by atoms with Crippen molar-refractivity contribution in [1.29, 1.82) is 0 Å². The molecule has 0 aromatic heterocycles. The lowest BCUT2D eigenvalue weighted by Crippen LogP contribution is -2.29. The average Bonchev–Trinajstić information content (AvgIpc) is 3.08. The molecule has 1 fully saturated rings.